The Morgan fingerprint density at radius 2 is 1.90 bits per heavy atom. The summed E-state index contributed by atoms with van der Waals surface area (Å²) < 4.78 is 18.7. The number of anilines is 1. The minimum absolute atomic E-state index is 0.000835. The Balaban J connectivity index is 1.73. The van der Waals surface area contributed by atoms with E-state index >= 15 is 0 Å². The molecule has 7 heteroatoms. The number of ether oxygens (including phenoxy) is 1. The van der Waals surface area contributed by atoms with Gasteiger partial charge in [0.15, 0.2) is 0 Å². The van der Waals surface area contributed by atoms with Gasteiger partial charge in [-0.25, -0.2) is 9.18 Å². The molecule has 0 aliphatic carbocycles. The largest absolute Gasteiger partial charge is 0.462 e. The first-order valence-corrected chi connectivity index (χ1v) is 14.9. The summed E-state index contributed by atoms with van der Waals surface area (Å²) >= 11 is 1.51. The lowest BCUT2D eigenvalue weighted by Crippen LogP contribution is -2.28. The van der Waals surface area contributed by atoms with E-state index < -0.39 is 8.07 Å². The van der Waals surface area contributed by atoms with Crippen LogP contribution in [-0.4, -0.2) is 32.3 Å². The zero-order valence-corrected chi connectivity index (χ0v) is 19.7. The van der Waals surface area contributed by atoms with E-state index in [1.165, 1.54) is 23.9 Å². The van der Waals surface area contributed by atoms with Crippen LogP contribution in [0, 0.1) is 12.7 Å². The fourth-order valence-corrected chi connectivity index (χ4v) is 5.84. The van der Waals surface area contributed by atoms with Crippen LogP contribution in [0.1, 0.15) is 33.3 Å². The molecule has 30 heavy (non-hydrogen) atoms. The third kappa shape index (κ3) is 5.52. The molecule has 0 spiro atoms. The van der Waals surface area contributed by atoms with Gasteiger partial charge in [-0.15, -0.1) is 11.8 Å². The molecule has 0 N–H and O–H groups in total. The summed E-state index contributed by atoms with van der Waals surface area (Å²) in [4.78, 5) is 26.7. The van der Waals surface area contributed by atoms with Crippen molar-refractivity contribution in [1.29, 1.82) is 0 Å². The minimum atomic E-state index is -1.14. The molecule has 1 aliphatic rings. The molecule has 0 saturated carbocycles. The number of aryl methyl sites for hydroxylation is 1. The predicted molar refractivity (Wildman–Crippen MR) is 123 cm³/mol. The van der Waals surface area contributed by atoms with Crippen molar-refractivity contribution in [3.63, 3.8) is 0 Å². The number of amides is 1. The van der Waals surface area contributed by atoms with Crippen LogP contribution < -0.4 is 4.90 Å². The summed E-state index contributed by atoms with van der Waals surface area (Å²) in [6.07, 6.45) is 0.886. The third-order valence-electron chi connectivity index (χ3n) is 5.02. The van der Waals surface area contributed by atoms with E-state index in [2.05, 4.69) is 19.6 Å². The second-order valence-electron chi connectivity index (χ2n) is 8.78. The summed E-state index contributed by atoms with van der Waals surface area (Å²) in [5, 5.41) is -0.212. The monoisotopic (exact) mass is 445 g/mol. The fourth-order valence-electron chi connectivity index (χ4n) is 3.46. The van der Waals surface area contributed by atoms with Crippen LogP contribution >= 0.6 is 11.8 Å². The zero-order chi connectivity index (χ0) is 21.9. The van der Waals surface area contributed by atoms with Gasteiger partial charge < -0.3 is 4.74 Å². The first-order chi connectivity index (χ1) is 14.2. The van der Waals surface area contributed by atoms with Crippen molar-refractivity contribution in [3.05, 3.63) is 65.0 Å². The molecule has 2 aromatic carbocycles. The van der Waals surface area contributed by atoms with Crippen molar-refractivity contribution in [2.75, 3.05) is 17.3 Å². The van der Waals surface area contributed by atoms with Crippen LogP contribution in [0.25, 0.3) is 0 Å². The van der Waals surface area contributed by atoms with Crippen LogP contribution in [0.5, 0.6) is 0 Å². The molecular weight excluding hydrogens is 417 g/mol. The maximum Gasteiger partial charge on any atom is 0.338 e. The highest BCUT2D eigenvalue weighted by Crippen LogP contribution is 2.42. The number of nitrogens with zero attached hydrogens (tertiary/aromatic N) is 1. The highest BCUT2D eigenvalue weighted by molar-refractivity contribution is 8.00. The van der Waals surface area contributed by atoms with Crippen LogP contribution in [0.2, 0.25) is 25.7 Å². The number of thioether (sulfide) groups is 1. The molecule has 1 unspecified atom stereocenters. The average molecular weight is 446 g/mol. The standard InChI is InChI=1S/C23H28FNO3SSi/c1-16-14-18(23(27)28-12-5-13-30(2,3)4)8-11-20(16)25-21(26)15-29-22(25)17-6-9-19(24)10-7-17/h6-11,14,22H,5,12-13,15H2,1-4H3. The first kappa shape index (κ1) is 22.6. The summed E-state index contributed by atoms with van der Waals surface area (Å²) in [7, 11) is -1.14. The highest BCUT2D eigenvalue weighted by Gasteiger charge is 2.35. The van der Waals surface area contributed by atoms with Crippen LogP contribution in [0.3, 0.4) is 0 Å². The maximum atomic E-state index is 13.3. The highest BCUT2D eigenvalue weighted by atomic mass is 32.2. The van der Waals surface area contributed by atoms with Crippen molar-refractivity contribution in [3.8, 4) is 0 Å². The maximum absolute atomic E-state index is 13.3. The molecule has 1 aliphatic heterocycles. The number of hydrogen-bond acceptors (Lipinski definition) is 4. The van der Waals surface area contributed by atoms with E-state index in [-0.39, 0.29) is 23.1 Å². The van der Waals surface area contributed by atoms with Crippen molar-refractivity contribution < 1.29 is 18.7 Å². The Labute approximate surface area is 182 Å². The van der Waals surface area contributed by atoms with Gasteiger partial charge in [0.2, 0.25) is 5.91 Å². The number of carbonyl (C=O) groups excluding carboxylic acids is 2. The van der Waals surface area contributed by atoms with Crippen molar-refractivity contribution in [2.24, 2.45) is 0 Å². The van der Waals surface area contributed by atoms with Gasteiger partial charge in [0.05, 0.1) is 17.9 Å². The Hall–Kier alpha value is -2.12. The van der Waals surface area contributed by atoms with Gasteiger partial charge in [0.25, 0.3) is 0 Å². The number of esters is 1. The van der Waals surface area contributed by atoms with Gasteiger partial charge in [-0.05, 0) is 54.8 Å². The van der Waals surface area contributed by atoms with Crippen molar-refractivity contribution >= 4 is 37.4 Å². The van der Waals surface area contributed by atoms with E-state index in [0.717, 1.165) is 29.3 Å². The molecule has 1 atom stereocenters. The number of hydrogen-bond donors (Lipinski definition) is 0. The number of benzene rings is 2. The molecule has 0 bridgehead atoms. The van der Waals surface area contributed by atoms with Crippen LogP contribution in [-0.2, 0) is 9.53 Å². The first-order valence-electron chi connectivity index (χ1n) is 10.1. The average Bonchev–Trinajstić information content (AvgIpc) is 3.06. The lowest BCUT2D eigenvalue weighted by atomic mass is 10.1. The smallest absolute Gasteiger partial charge is 0.338 e. The third-order valence-corrected chi connectivity index (χ3v) is 8.09. The molecule has 1 heterocycles. The molecule has 4 nitrogen and oxygen atoms in total. The predicted octanol–water partition coefficient (Wildman–Crippen LogP) is 5.80. The molecule has 1 saturated heterocycles. The molecule has 0 radical (unpaired) electrons. The van der Waals surface area contributed by atoms with E-state index in [1.54, 1.807) is 35.2 Å². The molecule has 1 amide bonds. The minimum Gasteiger partial charge on any atom is -0.462 e. The van der Waals surface area contributed by atoms with Gasteiger partial charge >= 0.3 is 5.97 Å². The molecule has 2 aromatic rings. The Kier molecular flexibility index (Phi) is 7.03. The topological polar surface area (TPSA) is 46.6 Å². The van der Waals surface area contributed by atoms with Gasteiger partial charge in [-0.3, -0.25) is 9.69 Å². The molecule has 3 rings (SSSR count). The molecule has 1 fully saturated rings. The van der Waals surface area contributed by atoms with Gasteiger partial charge in [-0.1, -0.05) is 37.8 Å². The van der Waals surface area contributed by atoms with Gasteiger partial charge in [-0.2, -0.15) is 0 Å². The summed E-state index contributed by atoms with van der Waals surface area (Å²) in [6.45, 7) is 9.21. The molecule has 0 aromatic heterocycles. The molecule has 160 valence electrons. The summed E-state index contributed by atoms with van der Waals surface area (Å²) in [5.74, 6) is -0.275. The van der Waals surface area contributed by atoms with Crippen LogP contribution in [0.15, 0.2) is 42.5 Å². The zero-order valence-electron chi connectivity index (χ0n) is 17.9. The van der Waals surface area contributed by atoms with Crippen LogP contribution in [0.4, 0.5) is 10.1 Å². The Morgan fingerprint density at radius 1 is 1.20 bits per heavy atom. The van der Waals surface area contributed by atoms with E-state index in [1.807, 2.05) is 6.92 Å². The fraction of sp³-hybridized carbons (Fsp3) is 0.391. The SMILES string of the molecule is Cc1cc(C(=O)OCCC[Si](C)(C)C)ccc1N1C(=O)CSC1c1ccc(F)cc1. The quantitative estimate of drug-likeness (QED) is 0.307. The second-order valence-corrected chi connectivity index (χ2v) is 15.5. The van der Waals surface area contributed by atoms with E-state index in [9.17, 15) is 14.0 Å². The lowest BCUT2D eigenvalue weighted by molar-refractivity contribution is -0.115. The van der Waals surface area contributed by atoms with E-state index in [0.29, 0.717) is 17.9 Å². The molecular formula is C23H28FNO3SSi. The summed E-state index contributed by atoms with van der Waals surface area (Å²) in [6, 6.07) is 12.6. The number of halogens is 1. The Morgan fingerprint density at radius 3 is 2.53 bits per heavy atom. The van der Waals surface area contributed by atoms with Crippen molar-refractivity contribution in [2.45, 2.75) is 44.4 Å². The normalized spacial score (nSPS) is 16.8. The van der Waals surface area contributed by atoms with Crippen molar-refractivity contribution in [1.82, 2.24) is 0 Å². The second kappa shape index (κ2) is 9.35. The summed E-state index contributed by atoms with van der Waals surface area (Å²) in [5.41, 5.74) is 2.95. The van der Waals surface area contributed by atoms with E-state index in [4.69, 9.17) is 4.74 Å². The van der Waals surface area contributed by atoms with Gasteiger partial charge in [0, 0.05) is 13.8 Å². The number of rotatable bonds is 7. The Bertz CT molecular complexity index is 927. The van der Waals surface area contributed by atoms with Gasteiger partial charge in [0.1, 0.15) is 11.2 Å². The number of carbonyl (C=O) groups is 2. The lowest BCUT2D eigenvalue weighted by Gasteiger charge is -2.26.